The van der Waals surface area contributed by atoms with Crippen molar-refractivity contribution < 1.29 is 14.1 Å². The van der Waals surface area contributed by atoms with Gasteiger partial charge < -0.3 is 14.5 Å². The number of aryl methyl sites for hydroxylation is 1. The third-order valence-electron chi connectivity index (χ3n) is 2.99. The van der Waals surface area contributed by atoms with Gasteiger partial charge in [0.25, 0.3) is 5.69 Å². The van der Waals surface area contributed by atoms with Gasteiger partial charge in [0.15, 0.2) is 0 Å². The molecule has 0 aliphatic heterocycles. The average molecular weight is 291 g/mol. The van der Waals surface area contributed by atoms with Crippen molar-refractivity contribution >= 4 is 5.69 Å². The van der Waals surface area contributed by atoms with Crippen LogP contribution in [0.15, 0.2) is 28.9 Å². The normalized spacial score (nSPS) is 10.8. The van der Waals surface area contributed by atoms with Crippen LogP contribution in [0.2, 0.25) is 0 Å². The van der Waals surface area contributed by atoms with E-state index in [1.165, 1.54) is 6.07 Å². The highest BCUT2D eigenvalue weighted by Gasteiger charge is 2.14. The van der Waals surface area contributed by atoms with Gasteiger partial charge in [-0.1, -0.05) is 6.07 Å². The zero-order chi connectivity index (χ0) is 15.2. The molecule has 0 radical (unpaired) electrons. The Morgan fingerprint density at radius 1 is 1.48 bits per heavy atom. The maximum atomic E-state index is 10.9. The van der Waals surface area contributed by atoms with E-state index in [4.69, 9.17) is 9.15 Å². The Hall–Kier alpha value is -2.25. The van der Waals surface area contributed by atoms with E-state index in [-0.39, 0.29) is 5.69 Å². The SMILES string of the molecule is COCCNCc1coc(-c2ccc(C)c([N+](=O)[O-])c2)n1. The molecule has 0 fully saturated rings. The lowest BCUT2D eigenvalue weighted by Gasteiger charge is -2.00. The molecule has 1 heterocycles. The van der Waals surface area contributed by atoms with Crippen molar-refractivity contribution in [2.75, 3.05) is 20.3 Å². The Kier molecular flexibility index (Phi) is 5.02. The number of hydrogen-bond donors (Lipinski definition) is 1. The lowest BCUT2D eigenvalue weighted by Crippen LogP contribution is -2.18. The number of benzene rings is 1. The van der Waals surface area contributed by atoms with E-state index in [1.54, 1.807) is 32.4 Å². The van der Waals surface area contributed by atoms with Crippen LogP contribution in [0.1, 0.15) is 11.3 Å². The molecular weight excluding hydrogens is 274 g/mol. The molecule has 1 N–H and O–H groups in total. The number of nitrogens with zero attached hydrogens (tertiary/aromatic N) is 2. The quantitative estimate of drug-likeness (QED) is 0.478. The monoisotopic (exact) mass is 291 g/mol. The van der Waals surface area contributed by atoms with Gasteiger partial charge in [0.05, 0.1) is 17.2 Å². The number of oxazole rings is 1. The van der Waals surface area contributed by atoms with Crippen LogP contribution in [0.25, 0.3) is 11.5 Å². The zero-order valence-electron chi connectivity index (χ0n) is 12.0. The standard InChI is InChI=1S/C14H17N3O4/c1-10-3-4-11(7-13(10)17(18)19)14-16-12(9-21-14)8-15-5-6-20-2/h3-4,7,9,15H,5-6,8H2,1-2H3. The highest BCUT2D eigenvalue weighted by Crippen LogP contribution is 2.26. The van der Waals surface area contributed by atoms with Crippen LogP contribution in [-0.4, -0.2) is 30.2 Å². The molecule has 0 aliphatic rings. The number of nitro groups is 1. The summed E-state index contributed by atoms with van der Waals surface area (Å²) in [6.45, 7) is 3.59. The lowest BCUT2D eigenvalue weighted by atomic mass is 10.1. The summed E-state index contributed by atoms with van der Waals surface area (Å²) in [4.78, 5) is 14.9. The van der Waals surface area contributed by atoms with Crippen LogP contribution < -0.4 is 5.32 Å². The molecule has 1 aromatic heterocycles. The highest BCUT2D eigenvalue weighted by molar-refractivity contribution is 5.60. The van der Waals surface area contributed by atoms with Gasteiger partial charge in [-0.15, -0.1) is 0 Å². The molecule has 0 bridgehead atoms. The molecule has 2 rings (SSSR count). The van der Waals surface area contributed by atoms with Gasteiger partial charge >= 0.3 is 0 Å². The van der Waals surface area contributed by atoms with Crippen LogP contribution in [0.3, 0.4) is 0 Å². The fourth-order valence-corrected chi connectivity index (χ4v) is 1.85. The number of hydrogen-bond acceptors (Lipinski definition) is 6. The molecule has 2 aromatic rings. The summed E-state index contributed by atoms with van der Waals surface area (Å²) >= 11 is 0. The zero-order valence-corrected chi connectivity index (χ0v) is 12.0. The van der Waals surface area contributed by atoms with E-state index >= 15 is 0 Å². The first-order valence-electron chi connectivity index (χ1n) is 6.51. The van der Waals surface area contributed by atoms with E-state index < -0.39 is 4.92 Å². The average Bonchev–Trinajstić information content (AvgIpc) is 2.92. The maximum Gasteiger partial charge on any atom is 0.273 e. The van der Waals surface area contributed by atoms with Crippen LogP contribution in [0.4, 0.5) is 5.69 Å². The Labute approximate surface area is 122 Å². The number of rotatable bonds is 7. The topological polar surface area (TPSA) is 90.4 Å². The second-order valence-electron chi connectivity index (χ2n) is 4.57. The van der Waals surface area contributed by atoms with Crippen molar-refractivity contribution in [3.8, 4) is 11.5 Å². The van der Waals surface area contributed by atoms with E-state index in [2.05, 4.69) is 10.3 Å². The Morgan fingerprint density at radius 3 is 3.00 bits per heavy atom. The third-order valence-corrected chi connectivity index (χ3v) is 2.99. The maximum absolute atomic E-state index is 10.9. The van der Waals surface area contributed by atoms with Crippen molar-refractivity contribution in [3.63, 3.8) is 0 Å². The lowest BCUT2D eigenvalue weighted by molar-refractivity contribution is -0.385. The van der Waals surface area contributed by atoms with E-state index in [0.717, 1.165) is 5.69 Å². The molecule has 0 unspecified atom stereocenters. The molecule has 21 heavy (non-hydrogen) atoms. The predicted molar refractivity (Wildman–Crippen MR) is 76.9 cm³/mol. The summed E-state index contributed by atoms with van der Waals surface area (Å²) in [7, 11) is 1.64. The number of nitrogens with one attached hydrogen (secondary N) is 1. The molecular formula is C14H17N3O4. The van der Waals surface area contributed by atoms with E-state index in [9.17, 15) is 10.1 Å². The smallest absolute Gasteiger partial charge is 0.273 e. The number of ether oxygens (including phenoxy) is 1. The fraction of sp³-hybridized carbons (Fsp3) is 0.357. The summed E-state index contributed by atoms with van der Waals surface area (Å²) < 4.78 is 10.3. The molecule has 1 aromatic carbocycles. The van der Waals surface area contributed by atoms with Gasteiger partial charge in [-0.3, -0.25) is 10.1 Å². The van der Waals surface area contributed by atoms with Gasteiger partial charge in [0.2, 0.25) is 5.89 Å². The predicted octanol–water partition coefficient (Wildman–Crippen LogP) is 2.29. The Bertz CT molecular complexity index is 624. The first-order chi connectivity index (χ1) is 10.1. The molecule has 0 spiro atoms. The molecule has 7 nitrogen and oxygen atoms in total. The summed E-state index contributed by atoms with van der Waals surface area (Å²) in [5.74, 6) is 0.377. The van der Waals surface area contributed by atoms with Crippen molar-refractivity contribution in [3.05, 3.63) is 45.8 Å². The van der Waals surface area contributed by atoms with Crippen molar-refractivity contribution in [1.29, 1.82) is 0 Å². The van der Waals surface area contributed by atoms with Crippen LogP contribution in [-0.2, 0) is 11.3 Å². The molecule has 7 heteroatoms. The minimum Gasteiger partial charge on any atom is -0.444 e. The van der Waals surface area contributed by atoms with Crippen LogP contribution in [0, 0.1) is 17.0 Å². The summed E-state index contributed by atoms with van der Waals surface area (Å²) in [5, 5.41) is 14.1. The van der Waals surface area contributed by atoms with E-state index in [0.29, 0.717) is 36.7 Å². The first-order valence-corrected chi connectivity index (χ1v) is 6.51. The minimum absolute atomic E-state index is 0.0606. The number of methoxy groups -OCH3 is 1. The molecule has 0 aliphatic carbocycles. The molecule has 0 atom stereocenters. The summed E-state index contributed by atoms with van der Waals surface area (Å²) in [5.41, 5.74) is 2.00. The van der Waals surface area contributed by atoms with Gasteiger partial charge in [0.1, 0.15) is 6.26 Å². The molecule has 0 amide bonds. The first kappa shape index (κ1) is 15.1. The van der Waals surface area contributed by atoms with Crippen LogP contribution >= 0.6 is 0 Å². The minimum atomic E-state index is -0.408. The fourth-order valence-electron chi connectivity index (χ4n) is 1.85. The molecule has 0 saturated heterocycles. The molecule has 112 valence electrons. The second-order valence-corrected chi connectivity index (χ2v) is 4.57. The number of aromatic nitrogens is 1. The Morgan fingerprint density at radius 2 is 2.29 bits per heavy atom. The van der Waals surface area contributed by atoms with Gasteiger partial charge in [-0.2, -0.15) is 0 Å². The van der Waals surface area contributed by atoms with Crippen molar-refractivity contribution in [2.24, 2.45) is 0 Å². The van der Waals surface area contributed by atoms with E-state index in [1.807, 2.05) is 0 Å². The Balaban J connectivity index is 2.10. The van der Waals surface area contributed by atoms with Gasteiger partial charge in [-0.25, -0.2) is 4.98 Å². The number of nitro benzene ring substituents is 1. The van der Waals surface area contributed by atoms with Gasteiger partial charge in [0, 0.05) is 37.4 Å². The molecule has 0 saturated carbocycles. The third kappa shape index (κ3) is 3.87. The second kappa shape index (κ2) is 6.96. The van der Waals surface area contributed by atoms with Crippen molar-refractivity contribution in [2.45, 2.75) is 13.5 Å². The highest BCUT2D eigenvalue weighted by atomic mass is 16.6. The summed E-state index contributed by atoms with van der Waals surface area (Å²) in [6, 6.07) is 4.92. The van der Waals surface area contributed by atoms with Gasteiger partial charge in [-0.05, 0) is 13.0 Å². The summed E-state index contributed by atoms with van der Waals surface area (Å²) in [6.07, 6.45) is 1.54. The van der Waals surface area contributed by atoms with Crippen molar-refractivity contribution in [1.82, 2.24) is 10.3 Å². The largest absolute Gasteiger partial charge is 0.444 e. The van der Waals surface area contributed by atoms with Crippen LogP contribution in [0.5, 0.6) is 0 Å².